The van der Waals surface area contributed by atoms with E-state index < -0.39 is 5.67 Å². The van der Waals surface area contributed by atoms with Gasteiger partial charge in [-0.1, -0.05) is 26.7 Å². The summed E-state index contributed by atoms with van der Waals surface area (Å²) >= 11 is 0. The molecule has 1 saturated heterocycles. The van der Waals surface area contributed by atoms with Gasteiger partial charge in [0.05, 0.1) is 0 Å². The minimum atomic E-state index is -0.982. The third-order valence-corrected chi connectivity index (χ3v) is 3.56. The largest absolute Gasteiger partial charge is 0.314 e. The fourth-order valence-corrected chi connectivity index (χ4v) is 2.57. The Bertz CT molecular complexity index is 173. The fourth-order valence-electron chi connectivity index (χ4n) is 2.57. The number of halogens is 1. The van der Waals surface area contributed by atoms with Crippen molar-refractivity contribution in [2.45, 2.75) is 71.0 Å². The summed E-state index contributed by atoms with van der Waals surface area (Å²) in [7, 11) is 0. The van der Waals surface area contributed by atoms with E-state index in [9.17, 15) is 4.39 Å². The summed E-state index contributed by atoms with van der Waals surface area (Å²) < 4.78 is 14.3. The second-order valence-electron chi connectivity index (χ2n) is 5.48. The molecule has 1 rings (SSSR count). The Balaban J connectivity index is 2.33. The monoisotopic (exact) mass is 215 g/mol. The molecule has 0 aromatic heterocycles. The predicted octanol–water partition coefficient (Wildman–Crippen LogP) is 3.68. The van der Waals surface area contributed by atoms with Gasteiger partial charge in [-0.3, -0.25) is 0 Å². The topological polar surface area (TPSA) is 12.0 Å². The van der Waals surface area contributed by atoms with E-state index in [2.05, 4.69) is 19.2 Å². The van der Waals surface area contributed by atoms with Crippen LogP contribution in [0.5, 0.6) is 0 Å². The Kier molecular flexibility index (Phi) is 5.04. The molecule has 1 nitrogen and oxygen atoms in total. The highest BCUT2D eigenvalue weighted by Gasteiger charge is 2.29. The van der Waals surface area contributed by atoms with Crippen molar-refractivity contribution in [3.8, 4) is 0 Å². The molecular weight excluding hydrogens is 189 g/mol. The van der Waals surface area contributed by atoms with Crippen molar-refractivity contribution in [3.63, 3.8) is 0 Å². The summed E-state index contributed by atoms with van der Waals surface area (Å²) in [5.41, 5.74) is -0.982. The van der Waals surface area contributed by atoms with E-state index in [1.165, 1.54) is 12.8 Å². The molecule has 1 aliphatic rings. The second kappa shape index (κ2) is 5.83. The van der Waals surface area contributed by atoms with E-state index in [-0.39, 0.29) is 0 Å². The summed E-state index contributed by atoms with van der Waals surface area (Å²) in [6.45, 7) is 7.13. The Morgan fingerprint density at radius 3 is 2.73 bits per heavy atom. The van der Waals surface area contributed by atoms with Crippen LogP contribution in [0.4, 0.5) is 4.39 Å². The molecule has 0 aromatic carbocycles. The Hall–Kier alpha value is -0.110. The van der Waals surface area contributed by atoms with Crippen LogP contribution < -0.4 is 5.32 Å². The molecular formula is C13H26FN. The summed E-state index contributed by atoms with van der Waals surface area (Å²) in [5, 5.41) is 3.43. The third-order valence-electron chi connectivity index (χ3n) is 3.56. The summed E-state index contributed by atoms with van der Waals surface area (Å²) in [6.07, 6.45) is 6.15. The van der Waals surface area contributed by atoms with Crippen LogP contribution in [0.25, 0.3) is 0 Å². The maximum Gasteiger partial charge on any atom is 0.110 e. The smallest absolute Gasteiger partial charge is 0.110 e. The molecule has 15 heavy (non-hydrogen) atoms. The van der Waals surface area contributed by atoms with Crippen molar-refractivity contribution in [1.29, 1.82) is 0 Å². The molecule has 3 atom stereocenters. The highest BCUT2D eigenvalue weighted by atomic mass is 19.1. The number of nitrogens with one attached hydrogen (secondary N) is 1. The first kappa shape index (κ1) is 13.0. The number of hydrogen-bond acceptors (Lipinski definition) is 1. The van der Waals surface area contributed by atoms with Gasteiger partial charge in [-0.15, -0.1) is 0 Å². The van der Waals surface area contributed by atoms with Crippen LogP contribution in [-0.4, -0.2) is 18.3 Å². The van der Waals surface area contributed by atoms with Crippen LogP contribution in [0.3, 0.4) is 0 Å². The van der Waals surface area contributed by atoms with E-state index in [0.29, 0.717) is 24.8 Å². The lowest BCUT2D eigenvalue weighted by atomic mass is 9.86. The minimum Gasteiger partial charge on any atom is -0.314 e. The first-order chi connectivity index (χ1) is 7.03. The van der Waals surface area contributed by atoms with Crippen LogP contribution in [-0.2, 0) is 0 Å². The molecule has 0 saturated carbocycles. The van der Waals surface area contributed by atoms with E-state index in [1.807, 2.05) is 0 Å². The zero-order valence-electron chi connectivity index (χ0n) is 10.5. The van der Waals surface area contributed by atoms with Gasteiger partial charge in [-0.25, -0.2) is 4.39 Å². The quantitative estimate of drug-likeness (QED) is 0.737. The van der Waals surface area contributed by atoms with Gasteiger partial charge >= 0.3 is 0 Å². The van der Waals surface area contributed by atoms with Crippen molar-refractivity contribution < 1.29 is 4.39 Å². The lowest BCUT2D eigenvalue weighted by molar-refractivity contribution is 0.114. The molecule has 3 unspecified atom stereocenters. The van der Waals surface area contributed by atoms with Gasteiger partial charge in [0.2, 0.25) is 0 Å². The summed E-state index contributed by atoms with van der Waals surface area (Å²) in [6, 6.07) is 0.415. The maximum absolute atomic E-state index is 14.3. The van der Waals surface area contributed by atoms with E-state index in [1.54, 1.807) is 6.92 Å². The van der Waals surface area contributed by atoms with Crippen molar-refractivity contribution in [2.75, 3.05) is 6.54 Å². The molecule has 0 aliphatic carbocycles. The lowest BCUT2D eigenvalue weighted by Crippen LogP contribution is -2.39. The van der Waals surface area contributed by atoms with Gasteiger partial charge in [0.1, 0.15) is 5.67 Å². The average molecular weight is 215 g/mol. The molecule has 1 N–H and O–H groups in total. The fraction of sp³-hybridized carbons (Fsp3) is 1.00. The molecule has 0 spiro atoms. The van der Waals surface area contributed by atoms with Gasteiger partial charge in [0, 0.05) is 6.04 Å². The van der Waals surface area contributed by atoms with Crippen molar-refractivity contribution in [2.24, 2.45) is 5.92 Å². The van der Waals surface area contributed by atoms with E-state index >= 15 is 0 Å². The number of rotatable bonds is 5. The highest BCUT2D eigenvalue weighted by Crippen LogP contribution is 2.29. The average Bonchev–Trinajstić information content (AvgIpc) is 2.17. The zero-order valence-corrected chi connectivity index (χ0v) is 10.5. The lowest BCUT2D eigenvalue weighted by Gasteiger charge is -2.31. The van der Waals surface area contributed by atoms with Crippen LogP contribution in [0, 0.1) is 5.92 Å². The van der Waals surface area contributed by atoms with Crippen molar-refractivity contribution in [1.82, 2.24) is 5.32 Å². The molecule has 0 radical (unpaired) electrons. The standard InChI is InChI=1S/C13H26FN/c1-4-11(2)9-13(3,14)10-12-7-5-6-8-15-12/h11-12,15H,4-10H2,1-3H3. The molecule has 0 amide bonds. The maximum atomic E-state index is 14.3. The van der Waals surface area contributed by atoms with Crippen LogP contribution in [0.1, 0.15) is 59.3 Å². The van der Waals surface area contributed by atoms with Crippen LogP contribution >= 0.6 is 0 Å². The Labute approximate surface area is 93.8 Å². The van der Waals surface area contributed by atoms with Gasteiger partial charge in [-0.2, -0.15) is 0 Å². The SMILES string of the molecule is CCC(C)CC(C)(F)CC1CCCCN1. The number of alkyl halides is 1. The van der Waals surface area contributed by atoms with Crippen molar-refractivity contribution in [3.05, 3.63) is 0 Å². The van der Waals surface area contributed by atoms with Gasteiger partial charge in [0.15, 0.2) is 0 Å². The molecule has 1 fully saturated rings. The summed E-state index contributed by atoms with van der Waals surface area (Å²) in [5.74, 6) is 0.503. The molecule has 1 aliphatic heterocycles. The molecule has 0 aromatic rings. The van der Waals surface area contributed by atoms with E-state index in [0.717, 1.165) is 19.4 Å². The van der Waals surface area contributed by atoms with Gasteiger partial charge in [0.25, 0.3) is 0 Å². The zero-order chi connectivity index (χ0) is 11.3. The first-order valence-corrected chi connectivity index (χ1v) is 6.46. The number of hydrogen-bond donors (Lipinski definition) is 1. The normalized spacial score (nSPS) is 28.4. The summed E-state index contributed by atoms with van der Waals surface area (Å²) in [4.78, 5) is 0. The Morgan fingerprint density at radius 1 is 1.47 bits per heavy atom. The molecule has 2 heteroatoms. The highest BCUT2D eigenvalue weighted by molar-refractivity contribution is 4.84. The van der Waals surface area contributed by atoms with Crippen LogP contribution in [0.15, 0.2) is 0 Å². The van der Waals surface area contributed by atoms with Gasteiger partial charge < -0.3 is 5.32 Å². The minimum absolute atomic E-state index is 0.415. The first-order valence-electron chi connectivity index (χ1n) is 6.46. The molecule has 1 heterocycles. The second-order valence-corrected chi connectivity index (χ2v) is 5.48. The Morgan fingerprint density at radius 2 is 2.20 bits per heavy atom. The van der Waals surface area contributed by atoms with Crippen molar-refractivity contribution >= 4 is 0 Å². The van der Waals surface area contributed by atoms with Gasteiger partial charge in [-0.05, 0) is 45.1 Å². The molecule has 90 valence electrons. The van der Waals surface area contributed by atoms with E-state index in [4.69, 9.17) is 0 Å². The van der Waals surface area contributed by atoms with Crippen LogP contribution in [0.2, 0.25) is 0 Å². The number of piperidine rings is 1. The predicted molar refractivity (Wildman–Crippen MR) is 63.8 cm³/mol. The third kappa shape index (κ3) is 4.96. The molecule has 0 bridgehead atoms.